The van der Waals surface area contributed by atoms with Gasteiger partial charge in [-0.1, -0.05) is 37.3 Å². The minimum atomic E-state index is -0.0792. The van der Waals surface area contributed by atoms with Crippen LogP contribution in [0.3, 0.4) is 0 Å². The highest BCUT2D eigenvalue weighted by atomic mass is 16.5. The number of nitrogens with one attached hydrogen (secondary N) is 2. The van der Waals surface area contributed by atoms with E-state index in [1.165, 1.54) is 0 Å². The van der Waals surface area contributed by atoms with E-state index in [2.05, 4.69) is 17.6 Å². The fourth-order valence-corrected chi connectivity index (χ4v) is 3.80. The van der Waals surface area contributed by atoms with Crippen LogP contribution in [0.5, 0.6) is 5.75 Å². The number of para-hydroxylation sites is 1. The van der Waals surface area contributed by atoms with E-state index in [1.54, 1.807) is 0 Å². The lowest BCUT2D eigenvalue weighted by Gasteiger charge is -2.14. The van der Waals surface area contributed by atoms with Crippen molar-refractivity contribution in [3.8, 4) is 5.75 Å². The molecule has 1 aliphatic carbocycles. The second-order valence-corrected chi connectivity index (χ2v) is 8.21. The van der Waals surface area contributed by atoms with E-state index in [9.17, 15) is 9.59 Å². The number of nitrogens with zero attached hydrogens (tertiary/aromatic N) is 1. The summed E-state index contributed by atoms with van der Waals surface area (Å²) in [6.07, 6.45) is 3.62. The van der Waals surface area contributed by atoms with Crippen LogP contribution in [0.1, 0.15) is 46.9 Å². The molecule has 1 heterocycles. The zero-order valence-corrected chi connectivity index (χ0v) is 18.6. The van der Waals surface area contributed by atoms with Gasteiger partial charge < -0.3 is 15.4 Å². The first-order chi connectivity index (χ1) is 15.5. The molecule has 6 nitrogen and oxygen atoms in total. The number of aromatic nitrogens is 1. The molecule has 2 N–H and O–H groups in total. The molecule has 0 bridgehead atoms. The van der Waals surface area contributed by atoms with Gasteiger partial charge in [0.1, 0.15) is 5.75 Å². The predicted octanol–water partition coefficient (Wildman–Crippen LogP) is 3.74. The Balaban J connectivity index is 1.33. The number of hydrogen-bond acceptors (Lipinski definition) is 4. The third kappa shape index (κ3) is 5.25. The summed E-state index contributed by atoms with van der Waals surface area (Å²) in [6.45, 7) is 4.58. The molecular weight excluding hydrogens is 402 g/mol. The SMILES string of the molecule is CCc1nc2ccccc2c(C(=O)NCCc2ccc(OCC(=O)NC3CC3)cc2)c1C. The number of aryl methyl sites for hydroxylation is 1. The summed E-state index contributed by atoms with van der Waals surface area (Å²) < 4.78 is 5.54. The van der Waals surface area contributed by atoms with E-state index < -0.39 is 0 Å². The molecule has 2 amide bonds. The van der Waals surface area contributed by atoms with Crippen molar-refractivity contribution in [1.29, 1.82) is 0 Å². The first kappa shape index (κ1) is 21.8. The van der Waals surface area contributed by atoms with Crippen molar-refractivity contribution < 1.29 is 14.3 Å². The molecule has 32 heavy (non-hydrogen) atoms. The van der Waals surface area contributed by atoms with Gasteiger partial charge in [0, 0.05) is 23.7 Å². The smallest absolute Gasteiger partial charge is 0.258 e. The van der Waals surface area contributed by atoms with Gasteiger partial charge >= 0.3 is 0 Å². The zero-order chi connectivity index (χ0) is 22.5. The lowest BCUT2D eigenvalue weighted by atomic mass is 9.99. The second kappa shape index (κ2) is 9.81. The molecule has 0 aliphatic heterocycles. The summed E-state index contributed by atoms with van der Waals surface area (Å²) in [7, 11) is 0. The molecule has 0 radical (unpaired) electrons. The van der Waals surface area contributed by atoms with Crippen LogP contribution in [-0.4, -0.2) is 36.0 Å². The molecule has 0 spiro atoms. The summed E-state index contributed by atoms with van der Waals surface area (Å²) in [5.41, 5.74) is 4.54. The van der Waals surface area contributed by atoms with E-state index in [0.29, 0.717) is 30.3 Å². The molecule has 0 unspecified atom stereocenters. The molecule has 1 aliphatic rings. The maximum Gasteiger partial charge on any atom is 0.258 e. The Bertz CT molecular complexity index is 1120. The average molecular weight is 432 g/mol. The minimum Gasteiger partial charge on any atom is -0.484 e. The van der Waals surface area contributed by atoms with Gasteiger partial charge in [0.15, 0.2) is 6.61 Å². The van der Waals surface area contributed by atoms with Crippen LogP contribution in [0.2, 0.25) is 0 Å². The molecule has 2 aromatic carbocycles. The van der Waals surface area contributed by atoms with E-state index in [4.69, 9.17) is 9.72 Å². The summed E-state index contributed by atoms with van der Waals surface area (Å²) >= 11 is 0. The average Bonchev–Trinajstić information content (AvgIpc) is 3.62. The fourth-order valence-electron chi connectivity index (χ4n) is 3.80. The quantitative estimate of drug-likeness (QED) is 0.541. The van der Waals surface area contributed by atoms with Crippen molar-refractivity contribution in [2.75, 3.05) is 13.2 Å². The van der Waals surface area contributed by atoms with Gasteiger partial charge in [-0.25, -0.2) is 0 Å². The van der Waals surface area contributed by atoms with Crippen LogP contribution < -0.4 is 15.4 Å². The van der Waals surface area contributed by atoms with Crippen LogP contribution in [-0.2, 0) is 17.6 Å². The molecule has 4 rings (SSSR count). The number of benzene rings is 2. The van der Waals surface area contributed by atoms with Crippen LogP contribution >= 0.6 is 0 Å². The Morgan fingerprint density at radius 2 is 1.84 bits per heavy atom. The Hall–Kier alpha value is -3.41. The fraction of sp³-hybridized carbons (Fsp3) is 0.346. The first-order valence-corrected chi connectivity index (χ1v) is 11.2. The van der Waals surface area contributed by atoms with E-state index in [1.807, 2.05) is 55.5 Å². The third-order valence-corrected chi connectivity index (χ3v) is 5.73. The predicted molar refractivity (Wildman–Crippen MR) is 125 cm³/mol. The number of fused-ring (bicyclic) bond motifs is 1. The Morgan fingerprint density at radius 1 is 1.09 bits per heavy atom. The van der Waals surface area contributed by atoms with Gasteiger partial charge in [0.05, 0.1) is 11.1 Å². The summed E-state index contributed by atoms with van der Waals surface area (Å²) in [5, 5.41) is 6.84. The number of carbonyl (C=O) groups is 2. The van der Waals surface area contributed by atoms with E-state index in [0.717, 1.165) is 47.0 Å². The molecular formula is C26H29N3O3. The highest BCUT2D eigenvalue weighted by Gasteiger charge is 2.23. The number of hydrogen-bond donors (Lipinski definition) is 2. The number of amides is 2. The Morgan fingerprint density at radius 3 is 2.56 bits per heavy atom. The van der Waals surface area contributed by atoms with Gasteiger partial charge in [-0.2, -0.15) is 0 Å². The monoisotopic (exact) mass is 431 g/mol. The normalized spacial score (nSPS) is 13.1. The van der Waals surface area contributed by atoms with Crippen molar-refractivity contribution in [3.63, 3.8) is 0 Å². The highest BCUT2D eigenvalue weighted by Crippen LogP contribution is 2.23. The van der Waals surface area contributed by atoms with Crippen LogP contribution in [0, 0.1) is 6.92 Å². The molecule has 1 fully saturated rings. The van der Waals surface area contributed by atoms with Crippen molar-refractivity contribution >= 4 is 22.7 Å². The largest absolute Gasteiger partial charge is 0.484 e. The topological polar surface area (TPSA) is 80.3 Å². The lowest BCUT2D eigenvalue weighted by Crippen LogP contribution is -2.30. The molecule has 1 aromatic heterocycles. The lowest BCUT2D eigenvalue weighted by molar-refractivity contribution is -0.123. The van der Waals surface area contributed by atoms with Crippen molar-refractivity contribution in [1.82, 2.24) is 15.6 Å². The molecule has 3 aromatic rings. The second-order valence-electron chi connectivity index (χ2n) is 8.21. The molecule has 0 atom stereocenters. The van der Waals surface area contributed by atoms with Gasteiger partial charge in [-0.05, 0) is 61.9 Å². The van der Waals surface area contributed by atoms with Crippen LogP contribution in [0.15, 0.2) is 48.5 Å². The molecule has 1 saturated carbocycles. The first-order valence-electron chi connectivity index (χ1n) is 11.2. The summed E-state index contributed by atoms with van der Waals surface area (Å²) in [4.78, 5) is 29.4. The summed E-state index contributed by atoms with van der Waals surface area (Å²) in [6, 6.07) is 15.8. The van der Waals surface area contributed by atoms with Gasteiger partial charge in [0.25, 0.3) is 11.8 Å². The number of ether oxygens (including phenoxy) is 1. The van der Waals surface area contributed by atoms with E-state index in [-0.39, 0.29) is 18.4 Å². The molecule has 0 saturated heterocycles. The van der Waals surface area contributed by atoms with Gasteiger partial charge in [0.2, 0.25) is 0 Å². The van der Waals surface area contributed by atoms with E-state index >= 15 is 0 Å². The van der Waals surface area contributed by atoms with Crippen LogP contribution in [0.25, 0.3) is 10.9 Å². The van der Waals surface area contributed by atoms with Crippen molar-refractivity contribution in [2.24, 2.45) is 0 Å². The van der Waals surface area contributed by atoms with Gasteiger partial charge in [-0.3, -0.25) is 14.6 Å². The molecule has 166 valence electrons. The zero-order valence-electron chi connectivity index (χ0n) is 18.6. The summed E-state index contributed by atoms with van der Waals surface area (Å²) in [5.74, 6) is 0.511. The maximum atomic E-state index is 13.0. The van der Waals surface area contributed by atoms with Crippen LogP contribution in [0.4, 0.5) is 0 Å². The van der Waals surface area contributed by atoms with Crippen molar-refractivity contribution in [3.05, 3.63) is 70.9 Å². The van der Waals surface area contributed by atoms with Gasteiger partial charge in [-0.15, -0.1) is 0 Å². The number of carbonyl (C=O) groups excluding carboxylic acids is 2. The minimum absolute atomic E-state index is 0.0326. The number of rotatable bonds is 9. The third-order valence-electron chi connectivity index (χ3n) is 5.73. The van der Waals surface area contributed by atoms with Crippen molar-refractivity contribution in [2.45, 2.75) is 45.6 Å². The highest BCUT2D eigenvalue weighted by molar-refractivity contribution is 6.07. The Labute approximate surface area is 188 Å². The standard InChI is InChI=1S/C26H29N3O3/c1-3-22-17(2)25(21-6-4-5-7-23(21)29-22)26(31)27-15-14-18-8-12-20(13-9-18)32-16-24(30)28-19-10-11-19/h4-9,12-13,19H,3,10-11,14-16H2,1-2H3,(H,27,31)(H,28,30). The Kier molecular flexibility index (Phi) is 6.69. The molecule has 6 heteroatoms. The maximum absolute atomic E-state index is 13.0. The number of pyridine rings is 1.